The SMILES string of the molecule is Cc1nn(-c2ccccc2)c2ncc(C(=O)Nc3ccc(C#N)cc3)c(C#N)c12. The highest BCUT2D eigenvalue weighted by Crippen LogP contribution is 2.26. The number of anilines is 1. The van der Waals surface area contributed by atoms with Crippen LogP contribution >= 0.6 is 0 Å². The Labute approximate surface area is 166 Å². The van der Waals surface area contributed by atoms with Crippen LogP contribution in [0.1, 0.15) is 27.2 Å². The molecule has 138 valence electrons. The molecule has 2 aromatic carbocycles. The molecular weight excluding hydrogens is 364 g/mol. The second-order valence-electron chi connectivity index (χ2n) is 6.33. The van der Waals surface area contributed by atoms with Crippen molar-refractivity contribution < 1.29 is 4.79 Å². The Morgan fingerprint density at radius 3 is 2.41 bits per heavy atom. The Morgan fingerprint density at radius 1 is 1.03 bits per heavy atom. The minimum atomic E-state index is -0.451. The molecule has 4 rings (SSSR count). The molecule has 0 aliphatic rings. The number of aromatic nitrogens is 3. The molecule has 0 radical (unpaired) electrons. The highest BCUT2D eigenvalue weighted by atomic mass is 16.1. The molecule has 29 heavy (non-hydrogen) atoms. The first kappa shape index (κ1) is 17.9. The van der Waals surface area contributed by atoms with E-state index >= 15 is 0 Å². The summed E-state index contributed by atoms with van der Waals surface area (Å²) < 4.78 is 1.66. The third kappa shape index (κ3) is 3.18. The van der Waals surface area contributed by atoms with Crippen molar-refractivity contribution >= 4 is 22.6 Å². The van der Waals surface area contributed by atoms with Crippen LogP contribution < -0.4 is 5.32 Å². The monoisotopic (exact) mass is 378 g/mol. The van der Waals surface area contributed by atoms with E-state index in [1.54, 1.807) is 35.9 Å². The Balaban J connectivity index is 1.78. The van der Waals surface area contributed by atoms with Crippen LogP contribution in [-0.2, 0) is 0 Å². The van der Waals surface area contributed by atoms with E-state index in [0.29, 0.717) is 28.0 Å². The van der Waals surface area contributed by atoms with Gasteiger partial charge in [0.1, 0.15) is 6.07 Å². The Hall–Kier alpha value is -4.49. The topological polar surface area (TPSA) is 107 Å². The molecule has 1 amide bonds. The van der Waals surface area contributed by atoms with Crippen molar-refractivity contribution in [2.45, 2.75) is 6.92 Å². The third-order valence-electron chi connectivity index (χ3n) is 4.50. The van der Waals surface area contributed by atoms with E-state index in [1.165, 1.54) is 6.20 Å². The van der Waals surface area contributed by atoms with Gasteiger partial charge in [-0.1, -0.05) is 18.2 Å². The maximum Gasteiger partial charge on any atom is 0.258 e. The van der Waals surface area contributed by atoms with E-state index in [2.05, 4.69) is 21.5 Å². The molecule has 0 aliphatic heterocycles. The van der Waals surface area contributed by atoms with E-state index in [1.807, 2.05) is 36.4 Å². The number of pyridine rings is 1. The number of carbonyl (C=O) groups is 1. The zero-order chi connectivity index (χ0) is 20.4. The quantitative estimate of drug-likeness (QED) is 0.584. The van der Waals surface area contributed by atoms with Gasteiger partial charge in [-0.05, 0) is 43.3 Å². The molecule has 0 fully saturated rings. The van der Waals surface area contributed by atoms with Gasteiger partial charge >= 0.3 is 0 Å². The van der Waals surface area contributed by atoms with Gasteiger partial charge in [-0.2, -0.15) is 15.6 Å². The van der Waals surface area contributed by atoms with Crippen molar-refractivity contribution in [3.8, 4) is 17.8 Å². The first-order valence-electron chi connectivity index (χ1n) is 8.77. The second kappa shape index (κ2) is 7.26. The summed E-state index contributed by atoms with van der Waals surface area (Å²) in [5.41, 5.74) is 3.35. The largest absolute Gasteiger partial charge is 0.322 e. The molecule has 0 atom stereocenters. The summed E-state index contributed by atoms with van der Waals surface area (Å²) in [6, 6.07) is 20.1. The summed E-state index contributed by atoms with van der Waals surface area (Å²) in [5.74, 6) is -0.451. The molecule has 7 heteroatoms. The zero-order valence-corrected chi connectivity index (χ0v) is 15.4. The minimum Gasteiger partial charge on any atom is -0.322 e. The summed E-state index contributed by atoms with van der Waals surface area (Å²) >= 11 is 0. The predicted octanol–water partition coefficient (Wildman–Crippen LogP) is 3.72. The normalized spacial score (nSPS) is 10.3. The van der Waals surface area contributed by atoms with Crippen molar-refractivity contribution in [2.24, 2.45) is 0 Å². The van der Waals surface area contributed by atoms with Crippen LogP contribution in [0, 0.1) is 29.6 Å². The maximum absolute atomic E-state index is 12.8. The number of aryl methyl sites for hydroxylation is 1. The van der Waals surface area contributed by atoms with Crippen LogP contribution in [0.25, 0.3) is 16.7 Å². The molecule has 0 unspecified atom stereocenters. The van der Waals surface area contributed by atoms with Gasteiger partial charge in [0.2, 0.25) is 0 Å². The lowest BCUT2D eigenvalue weighted by Gasteiger charge is -2.08. The highest BCUT2D eigenvalue weighted by molar-refractivity contribution is 6.08. The van der Waals surface area contributed by atoms with E-state index in [9.17, 15) is 10.1 Å². The molecular formula is C22H14N6O. The fraction of sp³-hybridized carbons (Fsp3) is 0.0455. The van der Waals surface area contributed by atoms with Gasteiger partial charge in [0, 0.05) is 11.9 Å². The number of para-hydroxylation sites is 1. The smallest absolute Gasteiger partial charge is 0.258 e. The number of fused-ring (bicyclic) bond motifs is 1. The van der Waals surface area contributed by atoms with Gasteiger partial charge in [0.15, 0.2) is 5.65 Å². The number of hydrogen-bond donors (Lipinski definition) is 1. The molecule has 7 nitrogen and oxygen atoms in total. The van der Waals surface area contributed by atoms with E-state index in [-0.39, 0.29) is 11.1 Å². The van der Waals surface area contributed by atoms with Crippen molar-refractivity contribution in [3.05, 3.63) is 83.2 Å². The fourth-order valence-corrected chi connectivity index (χ4v) is 3.12. The Bertz CT molecular complexity index is 1310. The summed E-state index contributed by atoms with van der Waals surface area (Å²) in [7, 11) is 0. The molecule has 1 N–H and O–H groups in total. The number of carbonyl (C=O) groups excluding carboxylic acids is 1. The van der Waals surface area contributed by atoms with Gasteiger partial charge in [-0.3, -0.25) is 4.79 Å². The first-order valence-corrected chi connectivity index (χ1v) is 8.77. The van der Waals surface area contributed by atoms with Gasteiger partial charge in [-0.25, -0.2) is 9.67 Å². The molecule has 4 aromatic rings. The summed E-state index contributed by atoms with van der Waals surface area (Å²) in [6.45, 7) is 1.78. The molecule has 0 aliphatic carbocycles. The number of rotatable bonds is 3. The van der Waals surface area contributed by atoms with E-state index < -0.39 is 5.91 Å². The van der Waals surface area contributed by atoms with Crippen molar-refractivity contribution in [1.29, 1.82) is 10.5 Å². The maximum atomic E-state index is 12.8. The van der Waals surface area contributed by atoms with Crippen LogP contribution in [0.2, 0.25) is 0 Å². The van der Waals surface area contributed by atoms with Gasteiger partial charge in [-0.15, -0.1) is 0 Å². The van der Waals surface area contributed by atoms with Crippen molar-refractivity contribution in [2.75, 3.05) is 5.32 Å². The first-order chi connectivity index (χ1) is 14.1. The van der Waals surface area contributed by atoms with Crippen LogP contribution in [-0.4, -0.2) is 20.7 Å². The van der Waals surface area contributed by atoms with Crippen LogP contribution in [0.15, 0.2) is 60.8 Å². The molecule has 0 spiro atoms. The molecule has 0 saturated carbocycles. The number of benzene rings is 2. The summed E-state index contributed by atoms with van der Waals surface area (Å²) in [6.07, 6.45) is 1.39. The number of hydrogen-bond acceptors (Lipinski definition) is 5. The summed E-state index contributed by atoms with van der Waals surface area (Å²) in [5, 5.41) is 26.4. The molecule has 2 heterocycles. The van der Waals surface area contributed by atoms with E-state index in [4.69, 9.17) is 5.26 Å². The van der Waals surface area contributed by atoms with Crippen LogP contribution in [0.5, 0.6) is 0 Å². The summed E-state index contributed by atoms with van der Waals surface area (Å²) in [4.78, 5) is 17.2. The third-order valence-corrected chi connectivity index (χ3v) is 4.50. The second-order valence-corrected chi connectivity index (χ2v) is 6.33. The number of amides is 1. The number of nitrogens with zero attached hydrogens (tertiary/aromatic N) is 5. The lowest BCUT2D eigenvalue weighted by molar-refractivity contribution is 0.102. The van der Waals surface area contributed by atoms with Crippen LogP contribution in [0.3, 0.4) is 0 Å². The van der Waals surface area contributed by atoms with Gasteiger partial charge < -0.3 is 5.32 Å². The molecule has 0 bridgehead atoms. The highest BCUT2D eigenvalue weighted by Gasteiger charge is 2.21. The minimum absolute atomic E-state index is 0.167. The molecule has 0 saturated heterocycles. The Kier molecular flexibility index (Phi) is 4.48. The number of nitriles is 2. The van der Waals surface area contributed by atoms with Gasteiger partial charge in [0.05, 0.1) is 39.5 Å². The average Bonchev–Trinajstić information content (AvgIpc) is 3.11. The standard InChI is InChI=1S/C22H14N6O/c1-14-20-18(12-24)19(22(29)26-16-9-7-15(11-23)8-10-16)13-25-21(20)28(27-14)17-5-3-2-4-6-17/h2-10,13H,1H3,(H,26,29). The number of nitrogens with one attached hydrogen (secondary N) is 1. The Morgan fingerprint density at radius 2 is 1.76 bits per heavy atom. The van der Waals surface area contributed by atoms with E-state index in [0.717, 1.165) is 5.69 Å². The lowest BCUT2D eigenvalue weighted by Crippen LogP contribution is -2.14. The molecule has 2 aromatic heterocycles. The fourth-order valence-electron chi connectivity index (χ4n) is 3.12. The van der Waals surface area contributed by atoms with Crippen molar-refractivity contribution in [3.63, 3.8) is 0 Å². The lowest BCUT2D eigenvalue weighted by atomic mass is 10.1. The zero-order valence-electron chi connectivity index (χ0n) is 15.4. The van der Waals surface area contributed by atoms with Gasteiger partial charge in [0.25, 0.3) is 5.91 Å². The average molecular weight is 378 g/mol. The predicted molar refractivity (Wildman–Crippen MR) is 107 cm³/mol. The van der Waals surface area contributed by atoms with Crippen molar-refractivity contribution in [1.82, 2.24) is 14.8 Å². The van der Waals surface area contributed by atoms with Crippen LogP contribution in [0.4, 0.5) is 5.69 Å².